The van der Waals surface area contributed by atoms with Crippen LogP contribution in [-0.2, 0) is 9.53 Å². The maximum absolute atomic E-state index is 11.3. The second-order valence-electron chi connectivity index (χ2n) is 4.90. The molecule has 2 fully saturated rings. The van der Waals surface area contributed by atoms with E-state index >= 15 is 0 Å². The molecule has 0 aromatic rings. The lowest BCUT2D eigenvalue weighted by atomic mass is 9.70. The van der Waals surface area contributed by atoms with Crippen LogP contribution in [0.15, 0.2) is 0 Å². The molecule has 0 aromatic carbocycles. The average molecular weight is 193 g/mol. The van der Waals surface area contributed by atoms with Crippen molar-refractivity contribution in [3.63, 3.8) is 0 Å². The molecule has 0 amide bonds. The van der Waals surface area contributed by atoms with E-state index < -0.39 is 0 Å². The molecule has 3 nitrogen and oxygen atoms in total. The van der Waals surface area contributed by atoms with Gasteiger partial charge in [-0.1, -0.05) is 6.92 Å². The lowest BCUT2D eigenvalue weighted by Gasteiger charge is -2.34. The van der Waals surface area contributed by atoms with Gasteiger partial charge in [0.2, 0.25) is 0 Å². The van der Waals surface area contributed by atoms with Crippen LogP contribution in [0.5, 0.6) is 0 Å². The highest BCUT2D eigenvalue weighted by molar-refractivity contribution is 5.74. The van der Waals surface area contributed by atoms with Gasteiger partial charge in [-0.2, -0.15) is 5.26 Å². The summed E-state index contributed by atoms with van der Waals surface area (Å²) in [6.45, 7) is 4.10. The highest BCUT2D eigenvalue weighted by Gasteiger charge is 2.61. The summed E-state index contributed by atoms with van der Waals surface area (Å²) in [5, 5.41) is 8.74. The number of carbonyl (C=O) groups excluding carboxylic acids is 1. The van der Waals surface area contributed by atoms with Crippen LogP contribution in [0.2, 0.25) is 0 Å². The van der Waals surface area contributed by atoms with E-state index in [0.717, 1.165) is 12.8 Å². The van der Waals surface area contributed by atoms with Crippen molar-refractivity contribution in [1.29, 1.82) is 5.26 Å². The monoisotopic (exact) mass is 193 g/mol. The summed E-state index contributed by atoms with van der Waals surface area (Å²) in [6, 6.07) is 2.21. The fourth-order valence-electron chi connectivity index (χ4n) is 3.01. The number of hydrogen-bond donors (Lipinski definition) is 0. The lowest BCUT2D eigenvalue weighted by Crippen LogP contribution is -2.38. The number of fused-ring (bicyclic) bond motifs is 1. The van der Waals surface area contributed by atoms with E-state index in [1.165, 1.54) is 0 Å². The smallest absolute Gasteiger partial charge is 0.307 e. The molecule has 1 aliphatic heterocycles. The minimum atomic E-state index is -0.314. The Balaban J connectivity index is 2.30. The zero-order chi connectivity index (χ0) is 10.4. The van der Waals surface area contributed by atoms with Gasteiger partial charge >= 0.3 is 5.97 Å². The van der Waals surface area contributed by atoms with E-state index in [-0.39, 0.29) is 17.0 Å². The fourth-order valence-corrected chi connectivity index (χ4v) is 3.01. The maximum Gasteiger partial charge on any atom is 0.307 e. The molecule has 1 aliphatic carbocycles. The Labute approximate surface area is 84.0 Å². The van der Waals surface area contributed by atoms with E-state index in [1.807, 2.05) is 6.92 Å². The van der Waals surface area contributed by atoms with Crippen molar-refractivity contribution in [2.24, 2.45) is 11.3 Å². The Kier molecular flexibility index (Phi) is 1.85. The predicted octanol–water partition coefficient (Wildman–Crippen LogP) is 2.02. The van der Waals surface area contributed by atoms with Gasteiger partial charge in [0, 0.05) is 11.8 Å². The predicted molar refractivity (Wildman–Crippen MR) is 50.2 cm³/mol. The first-order valence-corrected chi connectivity index (χ1v) is 5.11. The Morgan fingerprint density at radius 2 is 2.36 bits per heavy atom. The van der Waals surface area contributed by atoms with Crippen molar-refractivity contribution in [1.82, 2.24) is 0 Å². The molecule has 2 aliphatic rings. The van der Waals surface area contributed by atoms with Crippen molar-refractivity contribution in [2.75, 3.05) is 0 Å². The molecular formula is C11H15NO2. The van der Waals surface area contributed by atoms with Crippen molar-refractivity contribution >= 4 is 5.97 Å². The van der Waals surface area contributed by atoms with Crippen LogP contribution in [0.4, 0.5) is 0 Å². The Morgan fingerprint density at radius 1 is 1.64 bits per heavy atom. The zero-order valence-electron chi connectivity index (χ0n) is 8.67. The van der Waals surface area contributed by atoms with Gasteiger partial charge in [0.1, 0.15) is 5.60 Å². The van der Waals surface area contributed by atoms with E-state index in [4.69, 9.17) is 10.00 Å². The number of hydrogen-bond acceptors (Lipinski definition) is 3. The summed E-state index contributed by atoms with van der Waals surface area (Å²) in [4.78, 5) is 11.3. The summed E-state index contributed by atoms with van der Waals surface area (Å²) >= 11 is 0. The number of nitriles is 1. The summed E-state index contributed by atoms with van der Waals surface area (Å²) in [6.07, 6.45) is 2.94. The van der Waals surface area contributed by atoms with Crippen LogP contribution >= 0.6 is 0 Å². The van der Waals surface area contributed by atoms with Crippen molar-refractivity contribution in [2.45, 2.75) is 45.1 Å². The van der Waals surface area contributed by atoms with Crippen molar-refractivity contribution in [3.05, 3.63) is 0 Å². The third-order valence-corrected chi connectivity index (χ3v) is 4.27. The number of esters is 1. The normalized spacial score (nSPS) is 45.8. The molecule has 0 bridgehead atoms. The van der Waals surface area contributed by atoms with Crippen molar-refractivity contribution < 1.29 is 9.53 Å². The zero-order valence-corrected chi connectivity index (χ0v) is 8.67. The van der Waals surface area contributed by atoms with Gasteiger partial charge in [-0.25, -0.2) is 0 Å². The third kappa shape index (κ3) is 1.00. The first kappa shape index (κ1) is 9.51. The number of carbonyl (C=O) groups is 1. The molecule has 0 aromatic heterocycles. The molecule has 1 saturated heterocycles. The molecule has 0 spiro atoms. The molecule has 0 N–H and O–H groups in total. The Bertz CT molecular complexity index is 320. The largest absolute Gasteiger partial charge is 0.459 e. The molecule has 76 valence electrons. The average Bonchev–Trinajstić information content (AvgIpc) is 2.43. The number of ether oxygens (including phenoxy) is 1. The van der Waals surface area contributed by atoms with Gasteiger partial charge in [-0.3, -0.25) is 4.79 Å². The third-order valence-electron chi connectivity index (χ3n) is 4.27. The van der Waals surface area contributed by atoms with Gasteiger partial charge in [0.05, 0.1) is 12.5 Å². The molecule has 2 rings (SSSR count). The minimum Gasteiger partial charge on any atom is -0.459 e. The molecule has 3 atom stereocenters. The van der Waals surface area contributed by atoms with Crippen LogP contribution in [0.25, 0.3) is 0 Å². The van der Waals surface area contributed by atoms with E-state index in [9.17, 15) is 4.79 Å². The minimum absolute atomic E-state index is 0.0994. The van der Waals surface area contributed by atoms with Gasteiger partial charge in [0.25, 0.3) is 0 Å². The Morgan fingerprint density at radius 3 is 3.00 bits per heavy atom. The first-order chi connectivity index (χ1) is 6.52. The first-order valence-electron chi connectivity index (χ1n) is 5.11. The maximum atomic E-state index is 11.3. The Hall–Kier alpha value is -1.04. The highest BCUT2D eigenvalue weighted by Crippen LogP contribution is 2.59. The van der Waals surface area contributed by atoms with Gasteiger partial charge in [-0.15, -0.1) is 0 Å². The molecular weight excluding hydrogens is 178 g/mol. The highest BCUT2D eigenvalue weighted by atomic mass is 16.6. The summed E-state index contributed by atoms with van der Waals surface area (Å²) in [5.74, 6) is 0.224. The van der Waals surface area contributed by atoms with Crippen LogP contribution < -0.4 is 0 Å². The lowest BCUT2D eigenvalue weighted by molar-refractivity contribution is -0.148. The number of rotatable bonds is 1. The topological polar surface area (TPSA) is 50.1 Å². The number of nitrogens with zero attached hydrogens (tertiary/aromatic N) is 1. The summed E-state index contributed by atoms with van der Waals surface area (Å²) in [5.41, 5.74) is -0.425. The van der Waals surface area contributed by atoms with E-state index in [2.05, 4.69) is 13.0 Å². The van der Waals surface area contributed by atoms with E-state index in [1.54, 1.807) is 0 Å². The quantitative estimate of drug-likeness (QED) is 0.598. The van der Waals surface area contributed by atoms with Crippen LogP contribution in [0.3, 0.4) is 0 Å². The molecule has 3 heteroatoms. The van der Waals surface area contributed by atoms with E-state index in [0.29, 0.717) is 18.8 Å². The fraction of sp³-hybridized carbons (Fsp3) is 0.818. The molecule has 1 heterocycles. The van der Waals surface area contributed by atoms with Crippen molar-refractivity contribution in [3.8, 4) is 6.07 Å². The molecule has 0 radical (unpaired) electrons. The SMILES string of the molecule is C[C@@]12CC[C@@H](CC#N)[C@@]1(C)CC(=O)O2. The standard InChI is InChI=1S/C11H15NO2/c1-10-7-9(13)14-11(10,2)5-3-8(10)4-6-12/h8H,3-5,7H2,1-2H3/t8-,10+,11+/m0/s1. The molecule has 0 unspecified atom stereocenters. The molecule has 1 saturated carbocycles. The molecule has 14 heavy (non-hydrogen) atoms. The van der Waals surface area contributed by atoms with Gasteiger partial charge in [-0.05, 0) is 25.7 Å². The summed E-state index contributed by atoms with van der Waals surface area (Å²) in [7, 11) is 0. The van der Waals surface area contributed by atoms with Gasteiger partial charge < -0.3 is 4.74 Å². The van der Waals surface area contributed by atoms with Gasteiger partial charge in [0.15, 0.2) is 0 Å². The second kappa shape index (κ2) is 2.73. The second-order valence-corrected chi connectivity index (χ2v) is 4.90. The van der Waals surface area contributed by atoms with Crippen LogP contribution in [-0.4, -0.2) is 11.6 Å². The summed E-state index contributed by atoms with van der Waals surface area (Å²) < 4.78 is 5.40. The van der Waals surface area contributed by atoms with Crippen LogP contribution in [0, 0.1) is 22.7 Å². The van der Waals surface area contributed by atoms with Crippen LogP contribution in [0.1, 0.15) is 39.5 Å².